The average molecular weight is 435 g/mol. The van der Waals surface area contributed by atoms with Crippen molar-refractivity contribution in [3.05, 3.63) is 81.5 Å². The first-order chi connectivity index (χ1) is 15.0. The molecule has 0 saturated carbocycles. The molecular formula is C23H17NO6S. The van der Waals surface area contributed by atoms with Gasteiger partial charge in [0, 0.05) is 16.3 Å². The highest BCUT2D eigenvalue weighted by Crippen LogP contribution is 2.36. The Labute approximate surface area is 180 Å². The molecule has 8 heteroatoms. The summed E-state index contributed by atoms with van der Waals surface area (Å²) in [4.78, 5) is 37.8. The highest BCUT2D eigenvalue weighted by Gasteiger charge is 2.24. The summed E-state index contributed by atoms with van der Waals surface area (Å²) in [6.45, 7) is 0. The van der Waals surface area contributed by atoms with Gasteiger partial charge in [0.15, 0.2) is 11.3 Å². The summed E-state index contributed by atoms with van der Waals surface area (Å²) in [5.74, 6) is -0.893. The summed E-state index contributed by atoms with van der Waals surface area (Å²) in [6, 6.07) is 15.8. The second-order valence-electron chi connectivity index (χ2n) is 6.49. The Morgan fingerprint density at radius 2 is 1.81 bits per heavy atom. The third-order valence-electron chi connectivity index (χ3n) is 4.68. The van der Waals surface area contributed by atoms with Crippen molar-refractivity contribution in [1.29, 1.82) is 0 Å². The number of hydrogen-bond acceptors (Lipinski definition) is 7. The smallest absolute Gasteiger partial charge is 0.349 e. The van der Waals surface area contributed by atoms with Crippen molar-refractivity contribution < 1.29 is 23.5 Å². The number of rotatable bonds is 5. The van der Waals surface area contributed by atoms with Gasteiger partial charge >= 0.3 is 11.6 Å². The van der Waals surface area contributed by atoms with Crippen LogP contribution in [-0.4, -0.2) is 26.1 Å². The van der Waals surface area contributed by atoms with Gasteiger partial charge in [-0.25, -0.2) is 9.59 Å². The molecule has 156 valence electrons. The van der Waals surface area contributed by atoms with Crippen LogP contribution in [0.2, 0.25) is 0 Å². The Balaban J connectivity index is 1.74. The minimum atomic E-state index is -0.811. The van der Waals surface area contributed by atoms with Crippen molar-refractivity contribution in [1.82, 2.24) is 0 Å². The third-order valence-corrected chi connectivity index (χ3v) is 5.58. The molecule has 2 heterocycles. The van der Waals surface area contributed by atoms with E-state index in [2.05, 4.69) is 5.32 Å². The number of carbonyl (C=O) groups is 2. The summed E-state index contributed by atoms with van der Waals surface area (Å²) in [7, 11) is 2.73. The molecule has 4 rings (SSSR count). The minimum Gasteiger partial charge on any atom is -0.493 e. The van der Waals surface area contributed by atoms with Crippen molar-refractivity contribution >= 4 is 39.2 Å². The normalized spacial score (nSPS) is 10.6. The summed E-state index contributed by atoms with van der Waals surface area (Å²) in [5.41, 5.74) is 0.906. The molecule has 7 nitrogen and oxygen atoms in total. The first kappa shape index (κ1) is 20.4. The fourth-order valence-electron chi connectivity index (χ4n) is 3.19. The zero-order chi connectivity index (χ0) is 22.0. The number of amides is 1. The van der Waals surface area contributed by atoms with E-state index in [0.29, 0.717) is 16.7 Å². The Bertz CT molecular complexity index is 1340. The first-order valence-corrected chi connectivity index (χ1v) is 10.1. The van der Waals surface area contributed by atoms with Gasteiger partial charge < -0.3 is 19.2 Å². The lowest BCUT2D eigenvalue weighted by Gasteiger charge is -2.08. The van der Waals surface area contributed by atoms with Crippen LogP contribution in [0.3, 0.4) is 0 Å². The number of carbonyl (C=O) groups excluding carboxylic acids is 2. The van der Waals surface area contributed by atoms with Gasteiger partial charge in [0.1, 0.15) is 16.1 Å². The quantitative estimate of drug-likeness (QED) is 0.365. The number of hydrogen-bond donors (Lipinski definition) is 1. The standard InChI is InChI=1S/C23H17NO6S/c1-28-17-10-6-9-14-11-15(22(26)30-19(14)17)20(25)24-21-18(23(27)29-2)16(12-31-21)13-7-4-3-5-8-13/h3-12H,1-2H3,(H,24,25). The number of methoxy groups -OCH3 is 2. The predicted octanol–water partition coefficient (Wildman–Crippen LogP) is 4.57. The summed E-state index contributed by atoms with van der Waals surface area (Å²) in [5, 5.41) is 5.22. The van der Waals surface area contributed by atoms with Crippen LogP contribution < -0.4 is 15.7 Å². The van der Waals surface area contributed by atoms with Crippen LogP contribution in [0.15, 0.2) is 69.2 Å². The van der Waals surface area contributed by atoms with Crippen LogP contribution in [0.1, 0.15) is 20.7 Å². The van der Waals surface area contributed by atoms with Crippen molar-refractivity contribution in [2.45, 2.75) is 0 Å². The van der Waals surface area contributed by atoms with Crippen LogP contribution >= 0.6 is 11.3 Å². The van der Waals surface area contributed by atoms with Crippen LogP contribution in [-0.2, 0) is 4.74 Å². The second kappa shape index (κ2) is 8.45. The highest BCUT2D eigenvalue weighted by molar-refractivity contribution is 7.15. The number of nitrogens with one attached hydrogen (secondary N) is 1. The van der Waals surface area contributed by atoms with E-state index >= 15 is 0 Å². The lowest BCUT2D eigenvalue weighted by Crippen LogP contribution is -2.21. The Hall–Kier alpha value is -3.91. The molecule has 1 N–H and O–H groups in total. The minimum absolute atomic E-state index is 0.189. The van der Waals surface area contributed by atoms with Crippen LogP contribution in [0.5, 0.6) is 5.75 Å². The van der Waals surface area contributed by atoms with Crippen molar-refractivity contribution in [3.63, 3.8) is 0 Å². The Morgan fingerprint density at radius 1 is 1.03 bits per heavy atom. The molecule has 0 aliphatic rings. The van der Waals surface area contributed by atoms with Crippen molar-refractivity contribution in [3.8, 4) is 16.9 Å². The molecule has 1 amide bonds. The molecule has 0 atom stereocenters. The van der Waals surface area contributed by atoms with Gasteiger partial charge in [-0.05, 0) is 17.7 Å². The zero-order valence-corrected chi connectivity index (χ0v) is 17.4. The first-order valence-electron chi connectivity index (χ1n) is 9.21. The molecule has 2 aromatic carbocycles. The van der Waals surface area contributed by atoms with Gasteiger partial charge in [0.05, 0.1) is 14.2 Å². The molecule has 4 aromatic rings. The van der Waals surface area contributed by atoms with E-state index in [1.807, 2.05) is 30.3 Å². The predicted molar refractivity (Wildman–Crippen MR) is 118 cm³/mol. The average Bonchev–Trinajstić information content (AvgIpc) is 3.21. The van der Waals surface area contributed by atoms with E-state index in [1.54, 1.807) is 23.6 Å². The zero-order valence-electron chi connectivity index (χ0n) is 16.6. The maximum Gasteiger partial charge on any atom is 0.349 e. The van der Waals surface area contributed by atoms with Crippen molar-refractivity contribution in [2.24, 2.45) is 0 Å². The molecule has 0 saturated heterocycles. The number of fused-ring (bicyclic) bond motifs is 1. The summed E-state index contributed by atoms with van der Waals surface area (Å²) >= 11 is 1.17. The van der Waals surface area contributed by atoms with E-state index in [-0.39, 0.29) is 21.7 Å². The number of anilines is 1. The maximum atomic E-state index is 12.9. The number of ether oxygens (including phenoxy) is 2. The topological polar surface area (TPSA) is 94.8 Å². The molecule has 0 bridgehead atoms. The molecule has 0 aliphatic carbocycles. The molecule has 0 fully saturated rings. The number of thiophene rings is 1. The Kier molecular flexibility index (Phi) is 5.55. The SMILES string of the molecule is COC(=O)c1c(-c2ccccc2)csc1NC(=O)c1cc2cccc(OC)c2oc1=O. The van der Waals surface area contributed by atoms with E-state index in [9.17, 15) is 14.4 Å². The lowest BCUT2D eigenvalue weighted by atomic mass is 10.0. The van der Waals surface area contributed by atoms with Crippen molar-refractivity contribution in [2.75, 3.05) is 19.5 Å². The van der Waals surface area contributed by atoms with Crippen LogP contribution in [0.25, 0.3) is 22.1 Å². The number of benzene rings is 2. The molecule has 0 radical (unpaired) electrons. The summed E-state index contributed by atoms with van der Waals surface area (Å²) in [6.07, 6.45) is 0. The van der Waals surface area contributed by atoms with Gasteiger partial charge in [-0.2, -0.15) is 0 Å². The fourth-order valence-corrected chi connectivity index (χ4v) is 4.14. The summed E-state index contributed by atoms with van der Waals surface area (Å²) < 4.78 is 15.4. The van der Waals surface area contributed by atoms with Gasteiger partial charge in [-0.3, -0.25) is 4.79 Å². The van der Waals surface area contributed by atoms with Crippen LogP contribution in [0, 0.1) is 0 Å². The second-order valence-corrected chi connectivity index (χ2v) is 7.37. The lowest BCUT2D eigenvalue weighted by molar-refractivity contribution is 0.0603. The number of esters is 1. The maximum absolute atomic E-state index is 12.9. The monoisotopic (exact) mass is 435 g/mol. The molecule has 2 aromatic heterocycles. The number of para-hydroxylation sites is 1. The van der Waals surface area contributed by atoms with E-state index in [0.717, 1.165) is 5.56 Å². The fraction of sp³-hybridized carbons (Fsp3) is 0.0870. The largest absolute Gasteiger partial charge is 0.493 e. The molecule has 31 heavy (non-hydrogen) atoms. The van der Waals surface area contributed by atoms with Crippen LogP contribution in [0.4, 0.5) is 5.00 Å². The Morgan fingerprint density at radius 3 is 2.52 bits per heavy atom. The van der Waals surface area contributed by atoms with E-state index in [4.69, 9.17) is 13.9 Å². The van der Waals surface area contributed by atoms with Gasteiger partial charge in [0.2, 0.25) is 0 Å². The van der Waals surface area contributed by atoms with Gasteiger partial charge in [0.25, 0.3) is 5.91 Å². The van der Waals surface area contributed by atoms with Gasteiger partial charge in [-0.15, -0.1) is 11.3 Å². The van der Waals surface area contributed by atoms with Gasteiger partial charge in [-0.1, -0.05) is 42.5 Å². The molecule has 0 spiro atoms. The van der Waals surface area contributed by atoms with E-state index in [1.165, 1.54) is 31.6 Å². The highest BCUT2D eigenvalue weighted by atomic mass is 32.1. The molecule has 0 unspecified atom stereocenters. The van der Waals surface area contributed by atoms with E-state index < -0.39 is 17.5 Å². The molecular weight excluding hydrogens is 418 g/mol. The molecule has 0 aliphatic heterocycles. The third kappa shape index (κ3) is 3.80.